The Morgan fingerprint density at radius 3 is 1.57 bits per heavy atom. The number of hydrogen-bond acceptors (Lipinski definition) is 6. The maximum atomic E-state index is 15.3. The van der Waals surface area contributed by atoms with E-state index in [9.17, 15) is 0 Å². The molecule has 0 unspecified atom stereocenters. The van der Waals surface area contributed by atoms with Gasteiger partial charge in [0.15, 0.2) is 11.6 Å². The van der Waals surface area contributed by atoms with Gasteiger partial charge in [-0.1, -0.05) is 36.4 Å². The second-order valence-electron chi connectivity index (χ2n) is 8.27. The highest BCUT2D eigenvalue weighted by Gasteiger charge is 2.19. The lowest BCUT2D eigenvalue weighted by molar-refractivity contribution is 0.290. The van der Waals surface area contributed by atoms with Crippen LogP contribution in [0.1, 0.15) is 16.7 Å². The molecule has 0 spiro atoms. The van der Waals surface area contributed by atoms with E-state index in [4.69, 9.17) is 18.9 Å². The number of benzene rings is 3. The molecule has 6 nitrogen and oxygen atoms in total. The fourth-order valence-corrected chi connectivity index (χ4v) is 4.15. The van der Waals surface area contributed by atoms with Gasteiger partial charge in [0.25, 0.3) is 0 Å². The summed E-state index contributed by atoms with van der Waals surface area (Å²) in [7, 11) is 4.87. The summed E-state index contributed by atoms with van der Waals surface area (Å²) in [6.45, 7) is 1.14. The van der Waals surface area contributed by atoms with Gasteiger partial charge in [0.2, 0.25) is 5.88 Å². The predicted molar refractivity (Wildman–Crippen MR) is 145 cm³/mol. The van der Waals surface area contributed by atoms with Gasteiger partial charge in [0.05, 0.1) is 25.8 Å². The third-order valence-electron chi connectivity index (χ3n) is 5.78. The zero-order chi connectivity index (χ0) is 26.2. The zero-order valence-electron chi connectivity index (χ0n) is 20.9. The van der Waals surface area contributed by atoms with Gasteiger partial charge in [-0.3, -0.25) is 0 Å². The summed E-state index contributed by atoms with van der Waals surface area (Å²) < 4.78 is 37.5. The normalized spacial score (nSPS) is 10.6. The Kier molecular flexibility index (Phi) is 8.85. The number of aromatic nitrogens is 1. The Bertz CT molecular complexity index is 1250. The molecular weight excluding hydrogens is 539 g/mol. The Balaban J connectivity index is 1.62. The largest absolute Gasteiger partial charge is 0.497 e. The van der Waals surface area contributed by atoms with Gasteiger partial charge in [-0.15, -0.1) is 0 Å². The molecule has 1 aromatic heterocycles. The average Bonchev–Trinajstić information content (AvgIpc) is 2.93. The monoisotopic (exact) mass is 566 g/mol. The van der Waals surface area contributed by atoms with Gasteiger partial charge >= 0.3 is 0 Å². The van der Waals surface area contributed by atoms with Crippen molar-refractivity contribution in [1.82, 2.24) is 4.98 Å². The lowest BCUT2D eigenvalue weighted by Crippen LogP contribution is -2.24. The summed E-state index contributed by atoms with van der Waals surface area (Å²) in [6, 6.07) is 24.3. The van der Waals surface area contributed by atoms with Gasteiger partial charge in [-0.2, -0.15) is 4.98 Å². The highest BCUT2D eigenvalue weighted by molar-refractivity contribution is 9.10. The van der Waals surface area contributed by atoms with Crippen LogP contribution in [0.4, 0.5) is 10.2 Å². The SMILES string of the molecule is COc1ccc(COc2nc(N(Cc3ccc(OC)cc3)Cc3ccc(OC)cc3)c(F)cc2Br)cc1. The van der Waals surface area contributed by atoms with Crippen LogP contribution in [0.5, 0.6) is 23.1 Å². The lowest BCUT2D eigenvalue weighted by atomic mass is 10.1. The minimum absolute atomic E-state index is 0.194. The Morgan fingerprint density at radius 1 is 0.703 bits per heavy atom. The van der Waals surface area contributed by atoms with E-state index in [0.29, 0.717) is 23.4 Å². The van der Waals surface area contributed by atoms with Crippen LogP contribution in [-0.2, 0) is 19.7 Å². The van der Waals surface area contributed by atoms with Crippen LogP contribution in [-0.4, -0.2) is 26.3 Å². The summed E-state index contributed by atoms with van der Waals surface area (Å²) in [5.74, 6) is 2.33. The van der Waals surface area contributed by atoms with Crippen LogP contribution < -0.4 is 23.8 Å². The molecule has 0 aliphatic rings. The molecule has 0 radical (unpaired) electrons. The minimum atomic E-state index is -0.453. The number of hydrogen-bond donors (Lipinski definition) is 0. The van der Waals surface area contributed by atoms with E-state index in [0.717, 1.165) is 33.9 Å². The number of halogens is 2. The Labute approximate surface area is 224 Å². The number of ether oxygens (including phenoxy) is 4. The maximum absolute atomic E-state index is 15.3. The molecule has 4 rings (SSSR count). The van der Waals surface area contributed by atoms with E-state index in [1.165, 1.54) is 6.07 Å². The van der Waals surface area contributed by atoms with E-state index in [-0.39, 0.29) is 12.4 Å². The van der Waals surface area contributed by atoms with Gasteiger partial charge in [0, 0.05) is 13.1 Å². The van der Waals surface area contributed by atoms with Crippen LogP contribution >= 0.6 is 15.9 Å². The number of nitrogens with zero attached hydrogens (tertiary/aromatic N) is 2. The number of anilines is 1. The van der Waals surface area contributed by atoms with Crippen molar-refractivity contribution in [3.05, 3.63) is 106 Å². The van der Waals surface area contributed by atoms with Crippen LogP contribution in [0.15, 0.2) is 83.3 Å². The van der Waals surface area contributed by atoms with Gasteiger partial charge < -0.3 is 23.8 Å². The standard InChI is InChI=1S/C29H28BrFN2O4/c1-34-23-10-4-20(5-11-23)17-33(18-21-6-12-24(35-2)13-7-21)28-27(31)16-26(30)29(32-28)37-19-22-8-14-25(36-3)15-9-22/h4-16H,17-19H2,1-3H3. The Morgan fingerprint density at radius 2 is 1.14 bits per heavy atom. The summed E-state index contributed by atoms with van der Waals surface area (Å²) >= 11 is 3.40. The summed E-state index contributed by atoms with van der Waals surface area (Å²) in [6.07, 6.45) is 0. The molecule has 0 amide bonds. The first-order valence-electron chi connectivity index (χ1n) is 11.6. The summed E-state index contributed by atoms with van der Waals surface area (Å²) in [5, 5.41) is 0. The Hall–Kier alpha value is -3.78. The first kappa shape index (κ1) is 26.3. The van der Waals surface area contributed by atoms with Crippen molar-refractivity contribution in [2.24, 2.45) is 0 Å². The molecule has 0 N–H and O–H groups in total. The van der Waals surface area contributed by atoms with E-state index in [1.54, 1.807) is 21.3 Å². The molecule has 0 saturated carbocycles. The molecule has 37 heavy (non-hydrogen) atoms. The second-order valence-corrected chi connectivity index (χ2v) is 9.12. The van der Waals surface area contributed by atoms with E-state index < -0.39 is 5.82 Å². The fourth-order valence-electron chi connectivity index (χ4n) is 3.75. The highest BCUT2D eigenvalue weighted by Crippen LogP contribution is 2.31. The zero-order valence-corrected chi connectivity index (χ0v) is 22.5. The first-order chi connectivity index (χ1) is 18.0. The molecule has 0 fully saturated rings. The molecule has 0 bridgehead atoms. The lowest BCUT2D eigenvalue weighted by Gasteiger charge is -2.25. The van der Waals surface area contributed by atoms with Crippen LogP contribution in [0, 0.1) is 5.82 Å². The molecule has 0 aliphatic heterocycles. The smallest absolute Gasteiger partial charge is 0.230 e. The van der Waals surface area contributed by atoms with Gasteiger partial charge in [-0.25, -0.2) is 4.39 Å². The molecule has 0 saturated heterocycles. The summed E-state index contributed by atoms with van der Waals surface area (Å²) in [5.41, 5.74) is 2.91. The fraction of sp³-hybridized carbons (Fsp3) is 0.207. The second kappa shape index (κ2) is 12.5. The van der Waals surface area contributed by atoms with Crippen molar-refractivity contribution in [2.75, 3.05) is 26.2 Å². The van der Waals surface area contributed by atoms with Crippen molar-refractivity contribution >= 4 is 21.7 Å². The van der Waals surface area contributed by atoms with Crippen molar-refractivity contribution in [2.45, 2.75) is 19.7 Å². The molecule has 3 aromatic carbocycles. The molecule has 0 aliphatic carbocycles. The number of rotatable bonds is 11. The topological polar surface area (TPSA) is 53.1 Å². The molecule has 192 valence electrons. The van der Waals surface area contributed by atoms with Crippen LogP contribution in [0.2, 0.25) is 0 Å². The van der Waals surface area contributed by atoms with E-state index in [1.807, 2.05) is 77.7 Å². The van der Waals surface area contributed by atoms with Crippen molar-refractivity contribution < 1.29 is 23.3 Å². The van der Waals surface area contributed by atoms with Crippen molar-refractivity contribution in [3.8, 4) is 23.1 Å². The highest BCUT2D eigenvalue weighted by atomic mass is 79.9. The third-order valence-corrected chi connectivity index (χ3v) is 6.35. The summed E-state index contributed by atoms with van der Waals surface area (Å²) in [4.78, 5) is 6.47. The predicted octanol–water partition coefficient (Wildman–Crippen LogP) is 6.79. The van der Waals surface area contributed by atoms with Gasteiger partial charge in [0.1, 0.15) is 23.9 Å². The third kappa shape index (κ3) is 6.92. The number of pyridine rings is 1. The van der Waals surface area contributed by atoms with Gasteiger partial charge in [-0.05, 0) is 75.1 Å². The minimum Gasteiger partial charge on any atom is -0.497 e. The quantitative estimate of drug-likeness (QED) is 0.199. The molecule has 4 aromatic rings. The number of methoxy groups -OCH3 is 3. The van der Waals surface area contributed by atoms with Crippen molar-refractivity contribution in [1.29, 1.82) is 0 Å². The maximum Gasteiger partial charge on any atom is 0.230 e. The molecular formula is C29H28BrFN2O4. The van der Waals surface area contributed by atoms with Crippen LogP contribution in [0.25, 0.3) is 0 Å². The van der Waals surface area contributed by atoms with E-state index in [2.05, 4.69) is 20.9 Å². The van der Waals surface area contributed by atoms with E-state index >= 15 is 4.39 Å². The first-order valence-corrected chi connectivity index (χ1v) is 12.4. The molecule has 1 heterocycles. The van der Waals surface area contributed by atoms with Crippen LogP contribution in [0.3, 0.4) is 0 Å². The average molecular weight is 567 g/mol. The molecule has 8 heteroatoms. The molecule has 0 atom stereocenters. The van der Waals surface area contributed by atoms with Crippen molar-refractivity contribution in [3.63, 3.8) is 0 Å².